The number of unbranched alkanes of at least 4 members (excludes halogenated alkanes) is 9. The number of ether oxygens (including phenoxy) is 1. The van der Waals surface area contributed by atoms with Crippen molar-refractivity contribution in [2.75, 3.05) is 6.61 Å². The Bertz CT molecular complexity index is 381. The van der Waals surface area contributed by atoms with Gasteiger partial charge in [0, 0.05) is 0 Å². The molecule has 0 aliphatic rings. The Hall–Kier alpha value is 0.299. The van der Waals surface area contributed by atoms with Crippen LogP contribution < -0.4 is 7.63 Å². The van der Waals surface area contributed by atoms with E-state index < -0.39 is 18.4 Å². The van der Waals surface area contributed by atoms with Gasteiger partial charge in [0.05, 0.1) is 0 Å². The van der Waals surface area contributed by atoms with E-state index in [-0.39, 0.29) is 0 Å². The van der Waals surface area contributed by atoms with Gasteiger partial charge < -0.3 is 0 Å². The van der Waals surface area contributed by atoms with Crippen molar-refractivity contribution in [3.8, 4) is 5.75 Å². The third-order valence-corrected chi connectivity index (χ3v) is 14.5. The van der Waals surface area contributed by atoms with E-state index in [9.17, 15) is 0 Å². The van der Waals surface area contributed by atoms with E-state index in [0.717, 1.165) is 6.61 Å². The van der Waals surface area contributed by atoms with Crippen LogP contribution >= 0.6 is 11.3 Å². The quantitative estimate of drug-likeness (QED) is 0.253. The van der Waals surface area contributed by atoms with Crippen molar-refractivity contribution in [3.63, 3.8) is 0 Å². The van der Waals surface area contributed by atoms with Crippen molar-refractivity contribution >= 4 is 32.6 Å². The molecule has 0 unspecified atom stereocenters. The van der Waals surface area contributed by atoms with Crippen molar-refractivity contribution in [2.45, 2.75) is 86.0 Å². The van der Waals surface area contributed by atoms with Crippen LogP contribution in [0.5, 0.6) is 5.75 Å². The number of hydrogen-bond donors (Lipinski definition) is 0. The van der Waals surface area contributed by atoms with Crippen LogP contribution in [0.1, 0.15) is 71.1 Å². The van der Waals surface area contributed by atoms with Crippen LogP contribution in [0.4, 0.5) is 0 Å². The van der Waals surface area contributed by atoms with Gasteiger partial charge in [-0.2, -0.15) is 0 Å². The fraction of sp³-hybridized carbons (Fsp3) is 0.789. The van der Waals surface area contributed by atoms with Crippen LogP contribution in [-0.4, -0.2) is 25.0 Å². The van der Waals surface area contributed by atoms with E-state index in [1.54, 1.807) is 2.89 Å². The fourth-order valence-electron chi connectivity index (χ4n) is 2.73. The molecule has 1 heterocycles. The van der Waals surface area contributed by atoms with Crippen molar-refractivity contribution < 1.29 is 4.74 Å². The second-order valence-corrected chi connectivity index (χ2v) is 23.6. The normalized spacial score (nSPS) is 11.8. The molecule has 0 spiro atoms. The molecule has 0 radical (unpaired) electrons. The molecule has 0 amide bonds. The third-order valence-electron chi connectivity index (χ3n) is 4.07. The summed E-state index contributed by atoms with van der Waals surface area (Å²) < 4.78 is 7.62. The van der Waals surface area contributed by atoms with Crippen molar-refractivity contribution in [1.82, 2.24) is 0 Å². The van der Waals surface area contributed by atoms with Gasteiger partial charge in [0.15, 0.2) is 0 Å². The molecular formula is C19H36OSSn. The molecule has 0 saturated heterocycles. The van der Waals surface area contributed by atoms with Gasteiger partial charge in [-0.25, -0.2) is 0 Å². The summed E-state index contributed by atoms with van der Waals surface area (Å²) in [6.07, 6.45) is 13.8. The average molecular weight is 431 g/mol. The maximum absolute atomic E-state index is 6.04. The molecule has 0 fully saturated rings. The molecule has 1 rings (SSSR count). The van der Waals surface area contributed by atoms with E-state index in [1.807, 2.05) is 11.3 Å². The molecule has 0 aliphatic carbocycles. The Labute approximate surface area is 146 Å². The molecule has 3 heteroatoms. The van der Waals surface area contributed by atoms with Gasteiger partial charge in [-0.1, -0.05) is 19.8 Å². The Kier molecular flexibility index (Phi) is 10.9. The van der Waals surface area contributed by atoms with Gasteiger partial charge in [-0.05, 0) is 0 Å². The summed E-state index contributed by atoms with van der Waals surface area (Å²) >= 11 is -0.0558. The molecule has 1 aromatic rings. The van der Waals surface area contributed by atoms with Crippen molar-refractivity contribution in [3.05, 3.63) is 11.4 Å². The van der Waals surface area contributed by atoms with Gasteiger partial charge >= 0.3 is 127 Å². The van der Waals surface area contributed by atoms with Crippen LogP contribution in [0.3, 0.4) is 0 Å². The minimum atomic E-state index is -1.96. The Morgan fingerprint density at radius 3 is 1.95 bits per heavy atom. The maximum atomic E-state index is 6.04. The predicted molar refractivity (Wildman–Crippen MR) is 105 cm³/mol. The summed E-state index contributed by atoms with van der Waals surface area (Å²) in [7, 11) is 0. The molecule has 1 nitrogen and oxygen atoms in total. The van der Waals surface area contributed by atoms with Crippen LogP contribution in [0.15, 0.2) is 11.4 Å². The Balaban J connectivity index is 1.99. The van der Waals surface area contributed by atoms with Crippen molar-refractivity contribution in [2.24, 2.45) is 0 Å². The van der Waals surface area contributed by atoms with Crippen LogP contribution in [0, 0.1) is 0 Å². The molecule has 0 saturated carbocycles. The molecule has 22 heavy (non-hydrogen) atoms. The first-order valence-corrected chi connectivity index (χ1v) is 20.1. The fourth-order valence-corrected chi connectivity index (χ4v) is 9.82. The van der Waals surface area contributed by atoms with E-state index in [4.69, 9.17) is 4.74 Å². The predicted octanol–water partition coefficient (Wildman–Crippen LogP) is 6.59. The van der Waals surface area contributed by atoms with Gasteiger partial charge in [0.2, 0.25) is 0 Å². The number of thiophene rings is 1. The first-order valence-electron chi connectivity index (χ1n) is 9.26. The zero-order valence-corrected chi connectivity index (χ0v) is 18.9. The Morgan fingerprint density at radius 1 is 0.864 bits per heavy atom. The van der Waals surface area contributed by atoms with E-state index >= 15 is 0 Å². The van der Waals surface area contributed by atoms with Crippen LogP contribution in [-0.2, 0) is 0 Å². The van der Waals surface area contributed by atoms with Gasteiger partial charge in [-0.15, -0.1) is 0 Å². The standard InChI is InChI=1S/C16H27OS.3CH3.Sn/c1-2-3-4-5-6-7-8-9-10-11-13-17-16-12-14-18-15-16;;;;/h12,14H,2-11,13H2,1H3;3*1H3;. The number of hydrogen-bond acceptors (Lipinski definition) is 2. The summed E-state index contributed by atoms with van der Waals surface area (Å²) in [5.41, 5.74) is 0. The first kappa shape index (κ1) is 20.3. The second-order valence-electron chi connectivity index (χ2n) is 7.39. The molecule has 0 bridgehead atoms. The zero-order chi connectivity index (χ0) is 16.3. The summed E-state index contributed by atoms with van der Waals surface area (Å²) in [6.45, 7) is 3.19. The molecular weight excluding hydrogens is 395 g/mol. The van der Waals surface area contributed by atoms with Crippen LogP contribution in [0.2, 0.25) is 14.8 Å². The monoisotopic (exact) mass is 432 g/mol. The molecule has 0 N–H and O–H groups in total. The molecule has 0 aromatic carbocycles. The summed E-state index contributed by atoms with van der Waals surface area (Å²) in [6, 6.07) is 2.18. The molecule has 128 valence electrons. The third kappa shape index (κ3) is 8.81. The zero-order valence-electron chi connectivity index (χ0n) is 15.2. The number of rotatable bonds is 13. The summed E-state index contributed by atoms with van der Waals surface area (Å²) in [5.74, 6) is 1.20. The van der Waals surface area contributed by atoms with E-state index in [0.29, 0.717) is 0 Å². The molecule has 0 atom stereocenters. The van der Waals surface area contributed by atoms with Gasteiger partial charge in [0.1, 0.15) is 0 Å². The SMILES string of the molecule is CCCCCCCCCCCCOc1ccs[c]1[Sn]([CH3])([CH3])[CH3]. The van der Waals surface area contributed by atoms with E-state index in [1.165, 1.54) is 70.0 Å². The molecule has 0 aliphatic heterocycles. The summed E-state index contributed by atoms with van der Waals surface area (Å²) in [5, 5.41) is 2.20. The van der Waals surface area contributed by atoms with Gasteiger partial charge in [-0.3, -0.25) is 0 Å². The average Bonchev–Trinajstić information content (AvgIpc) is 2.93. The van der Waals surface area contributed by atoms with Crippen molar-refractivity contribution in [1.29, 1.82) is 0 Å². The molecule has 1 aromatic heterocycles. The minimum absolute atomic E-state index is 0.905. The first-order chi connectivity index (χ1) is 10.6. The van der Waals surface area contributed by atoms with E-state index in [2.05, 4.69) is 33.2 Å². The Morgan fingerprint density at radius 2 is 1.41 bits per heavy atom. The topological polar surface area (TPSA) is 9.23 Å². The second kappa shape index (κ2) is 11.8. The van der Waals surface area contributed by atoms with Gasteiger partial charge in [0.25, 0.3) is 0 Å². The summed E-state index contributed by atoms with van der Waals surface area (Å²) in [4.78, 5) is 7.40. The van der Waals surface area contributed by atoms with Crippen LogP contribution in [0.25, 0.3) is 0 Å².